The van der Waals surface area contributed by atoms with Crippen molar-refractivity contribution in [2.45, 2.75) is 33.2 Å². The number of pyridine rings is 1. The number of hydrogen-bond acceptors (Lipinski definition) is 5. The van der Waals surface area contributed by atoms with E-state index >= 15 is 0 Å². The molecule has 0 spiro atoms. The van der Waals surface area contributed by atoms with E-state index in [9.17, 15) is 24.0 Å². The number of aromatic nitrogens is 1. The summed E-state index contributed by atoms with van der Waals surface area (Å²) in [6, 6.07) is 11.3. The van der Waals surface area contributed by atoms with Crippen LogP contribution >= 0.6 is 0 Å². The van der Waals surface area contributed by atoms with Crippen molar-refractivity contribution in [2.75, 3.05) is 16.8 Å². The Hall–Kier alpha value is -4.27. The van der Waals surface area contributed by atoms with E-state index in [-0.39, 0.29) is 22.6 Å². The van der Waals surface area contributed by atoms with Gasteiger partial charge in [0.25, 0.3) is 0 Å². The number of carbonyl (C=O) groups is 4. The first-order valence-electron chi connectivity index (χ1n) is 11.3. The van der Waals surface area contributed by atoms with E-state index < -0.39 is 29.2 Å². The number of anilines is 2. The molecule has 35 heavy (non-hydrogen) atoms. The highest BCUT2D eigenvalue weighted by molar-refractivity contribution is 6.10. The summed E-state index contributed by atoms with van der Waals surface area (Å²) >= 11 is 0. The fraction of sp³-hybridized carbons (Fsp3) is 0.269. The molecule has 3 N–H and O–H groups in total. The highest BCUT2D eigenvalue weighted by Gasteiger charge is 2.38. The van der Waals surface area contributed by atoms with Gasteiger partial charge in [-0.05, 0) is 63.1 Å². The summed E-state index contributed by atoms with van der Waals surface area (Å²) in [5, 5.41) is 5.55. The summed E-state index contributed by atoms with van der Waals surface area (Å²) < 4.78 is 0. The Bertz CT molecular complexity index is 1410. The molecule has 1 aliphatic rings. The number of aryl methyl sites for hydroxylation is 1. The number of ketones is 1. The van der Waals surface area contributed by atoms with Gasteiger partial charge in [0.1, 0.15) is 12.0 Å². The number of amides is 3. The fourth-order valence-electron chi connectivity index (χ4n) is 4.16. The summed E-state index contributed by atoms with van der Waals surface area (Å²) in [4.78, 5) is 67.0. The van der Waals surface area contributed by atoms with Crippen LogP contribution < -0.4 is 21.0 Å². The number of H-pyrrole nitrogens is 1. The number of hydrogen-bond donors (Lipinski definition) is 3. The summed E-state index contributed by atoms with van der Waals surface area (Å²) in [6.45, 7) is 5.19. The zero-order chi connectivity index (χ0) is 25.3. The van der Waals surface area contributed by atoms with Gasteiger partial charge < -0.3 is 20.5 Å². The summed E-state index contributed by atoms with van der Waals surface area (Å²) in [5.74, 6) is -2.53. The lowest BCUT2D eigenvalue weighted by molar-refractivity contribution is -0.134. The van der Waals surface area contributed by atoms with Gasteiger partial charge in [0.2, 0.25) is 17.7 Å². The first-order valence-corrected chi connectivity index (χ1v) is 11.3. The van der Waals surface area contributed by atoms with Crippen LogP contribution in [-0.2, 0) is 14.4 Å². The first kappa shape index (κ1) is 23.9. The van der Waals surface area contributed by atoms with Crippen LogP contribution in [0.1, 0.15) is 36.2 Å². The molecule has 0 bridgehead atoms. The summed E-state index contributed by atoms with van der Waals surface area (Å²) in [7, 11) is 0. The normalized spacial score (nSPS) is 16.3. The Morgan fingerprint density at radius 2 is 1.89 bits per heavy atom. The first-order chi connectivity index (χ1) is 16.7. The van der Waals surface area contributed by atoms with E-state index in [1.165, 1.54) is 26.1 Å². The van der Waals surface area contributed by atoms with E-state index in [4.69, 9.17) is 0 Å². The van der Waals surface area contributed by atoms with Crippen LogP contribution in [0, 0.1) is 12.8 Å². The van der Waals surface area contributed by atoms with Crippen LogP contribution in [0.5, 0.6) is 0 Å². The highest BCUT2D eigenvalue weighted by Crippen LogP contribution is 2.26. The molecule has 9 heteroatoms. The number of rotatable bonds is 6. The third-order valence-corrected chi connectivity index (χ3v) is 6.12. The minimum Gasteiger partial charge on any atom is -0.360 e. The van der Waals surface area contributed by atoms with Crippen molar-refractivity contribution in [3.8, 4) is 0 Å². The van der Waals surface area contributed by atoms with Gasteiger partial charge >= 0.3 is 0 Å². The van der Waals surface area contributed by atoms with Gasteiger partial charge in [-0.3, -0.25) is 24.0 Å². The number of carbonyl (C=O) groups excluding carboxylic acids is 4. The van der Waals surface area contributed by atoms with Crippen LogP contribution in [0.25, 0.3) is 10.9 Å². The second kappa shape index (κ2) is 9.54. The van der Waals surface area contributed by atoms with E-state index in [0.717, 1.165) is 11.3 Å². The molecule has 2 aromatic carbocycles. The zero-order valence-electron chi connectivity index (χ0n) is 19.7. The lowest BCUT2D eigenvalue weighted by Crippen LogP contribution is -2.46. The maximum Gasteiger partial charge on any atom is 0.246 e. The summed E-state index contributed by atoms with van der Waals surface area (Å²) in [5.41, 5.74) is 2.23. The van der Waals surface area contributed by atoms with Gasteiger partial charge in [-0.1, -0.05) is 12.1 Å². The Kier molecular flexibility index (Phi) is 6.50. The van der Waals surface area contributed by atoms with Crippen molar-refractivity contribution < 1.29 is 19.2 Å². The summed E-state index contributed by atoms with van der Waals surface area (Å²) in [6.07, 6.45) is 1.73. The van der Waals surface area contributed by atoms with Gasteiger partial charge in [-0.25, -0.2) is 0 Å². The van der Waals surface area contributed by atoms with Gasteiger partial charge in [0.15, 0.2) is 11.2 Å². The highest BCUT2D eigenvalue weighted by atomic mass is 16.2. The lowest BCUT2D eigenvalue weighted by atomic mass is 10.1. The SMILES string of the molecule is CC(=O)c1c[nH]c2ccc(NC(=O)[C@H](C)NC(=O)C3CCN(c4cccc(C)c4)C3=O)cc2c1=O. The van der Waals surface area contributed by atoms with E-state index in [1.807, 2.05) is 31.2 Å². The smallest absolute Gasteiger partial charge is 0.246 e. The van der Waals surface area contributed by atoms with Crippen molar-refractivity contribution in [3.05, 3.63) is 70.0 Å². The lowest BCUT2D eigenvalue weighted by Gasteiger charge is -2.19. The van der Waals surface area contributed by atoms with E-state index in [1.54, 1.807) is 17.0 Å². The van der Waals surface area contributed by atoms with Gasteiger partial charge in [0, 0.05) is 35.0 Å². The van der Waals surface area contributed by atoms with Crippen LogP contribution in [0.4, 0.5) is 11.4 Å². The number of nitrogens with one attached hydrogen (secondary N) is 3. The number of nitrogens with zero attached hydrogens (tertiary/aromatic N) is 1. The maximum absolute atomic E-state index is 12.8. The van der Waals surface area contributed by atoms with Crippen LogP contribution in [0.15, 0.2) is 53.5 Å². The molecule has 1 saturated heterocycles. The molecule has 0 aliphatic carbocycles. The van der Waals surface area contributed by atoms with Crippen molar-refractivity contribution in [1.82, 2.24) is 10.3 Å². The molecule has 3 aromatic rings. The average Bonchev–Trinajstić information content (AvgIpc) is 3.20. The average molecular weight is 475 g/mol. The fourth-order valence-corrected chi connectivity index (χ4v) is 4.16. The topological polar surface area (TPSA) is 128 Å². The molecular formula is C26H26N4O5. The zero-order valence-corrected chi connectivity index (χ0v) is 19.7. The Balaban J connectivity index is 1.42. The van der Waals surface area contributed by atoms with Crippen molar-refractivity contribution in [3.63, 3.8) is 0 Å². The molecule has 1 aromatic heterocycles. The van der Waals surface area contributed by atoms with Gasteiger partial charge in [-0.2, -0.15) is 0 Å². The molecule has 1 unspecified atom stereocenters. The third-order valence-electron chi connectivity index (χ3n) is 6.12. The Morgan fingerprint density at radius 1 is 1.11 bits per heavy atom. The monoisotopic (exact) mass is 474 g/mol. The van der Waals surface area contributed by atoms with Crippen molar-refractivity contribution >= 4 is 45.8 Å². The largest absolute Gasteiger partial charge is 0.360 e. The molecule has 2 heterocycles. The standard InChI is InChI=1S/C26H26N4O5/c1-14-5-4-6-18(11-14)30-10-9-19(26(30)35)25(34)28-15(2)24(33)29-17-7-8-22-20(12-17)23(32)21(13-27-22)16(3)31/h4-8,11-13,15,19H,9-10H2,1-3H3,(H,27,32)(H,28,34)(H,29,33)/t15-,19?/m0/s1. The van der Waals surface area contributed by atoms with Gasteiger partial charge in [0.05, 0.1) is 5.56 Å². The molecular weight excluding hydrogens is 448 g/mol. The number of benzene rings is 2. The molecule has 0 saturated carbocycles. The predicted octanol–water partition coefficient (Wildman–Crippen LogP) is 2.54. The minimum atomic E-state index is -0.916. The van der Waals surface area contributed by atoms with Crippen molar-refractivity contribution in [1.29, 1.82) is 0 Å². The molecule has 4 rings (SSSR count). The number of aromatic amines is 1. The number of Topliss-reactive ketones (excluding diaryl/α,β-unsaturated/α-hetero) is 1. The molecule has 180 valence electrons. The molecule has 1 aliphatic heterocycles. The second-order valence-electron chi connectivity index (χ2n) is 8.74. The second-order valence-corrected chi connectivity index (χ2v) is 8.74. The molecule has 2 atom stereocenters. The molecule has 0 radical (unpaired) electrons. The van der Waals surface area contributed by atoms with Crippen LogP contribution in [0.3, 0.4) is 0 Å². The van der Waals surface area contributed by atoms with Crippen molar-refractivity contribution in [2.24, 2.45) is 5.92 Å². The van der Waals surface area contributed by atoms with E-state index in [2.05, 4.69) is 15.6 Å². The predicted molar refractivity (Wildman–Crippen MR) is 132 cm³/mol. The van der Waals surface area contributed by atoms with Gasteiger partial charge in [-0.15, -0.1) is 0 Å². The Morgan fingerprint density at radius 3 is 2.60 bits per heavy atom. The number of fused-ring (bicyclic) bond motifs is 1. The van der Waals surface area contributed by atoms with Crippen LogP contribution in [-0.4, -0.2) is 41.1 Å². The maximum atomic E-state index is 12.8. The minimum absolute atomic E-state index is 0.0301. The molecule has 9 nitrogen and oxygen atoms in total. The quantitative estimate of drug-likeness (QED) is 0.374. The van der Waals surface area contributed by atoms with Crippen LogP contribution in [0.2, 0.25) is 0 Å². The molecule has 3 amide bonds. The third kappa shape index (κ3) is 4.84. The van der Waals surface area contributed by atoms with E-state index in [0.29, 0.717) is 24.2 Å². The Labute approximate surface area is 201 Å². The molecule has 1 fully saturated rings.